The zero-order valence-corrected chi connectivity index (χ0v) is 20.8. The quantitative estimate of drug-likeness (QED) is 0.645. The number of carbonyl (C=O) groups is 1. The van der Waals surface area contributed by atoms with Gasteiger partial charge >= 0.3 is 5.97 Å². The number of sulfone groups is 1. The maximum Gasteiger partial charge on any atom is 0.309 e. The van der Waals surface area contributed by atoms with Gasteiger partial charge in [0.25, 0.3) is 8.32 Å². The Morgan fingerprint density at radius 3 is 1.76 bits per heavy atom. The fourth-order valence-electron chi connectivity index (χ4n) is 1.71. The summed E-state index contributed by atoms with van der Waals surface area (Å²) in [5.41, 5.74) is 0. The van der Waals surface area contributed by atoms with Gasteiger partial charge in [-0.15, -0.1) is 0 Å². The van der Waals surface area contributed by atoms with E-state index in [2.05, 4.69) is 59.6 Å². The van der Waals surface area contributed by atoms with Crippen LogP contribution in [0.3, 0.4) is 0 Å². The van der Waals surface area contributed by atoms with Crippen molar-refractivity contribution in [3.8, 4) is 0 Å². The first-order valence-corrected chi connectivity index (χ1v) is 16.8. The van der Waals surface area contributed by atoms with Crippen molar-refractivity contribution in [3.63, 3.8) is 0 Å². The monoisotopic (exact) mass is 409 g/mol. The summed E-state index contributed by atoms with van der Waals surface area (Å²) in [6.45, 7) is 21.1. The molecule has 0 aromatic heterocycles. The predicted molar refractivity (Wildman–Crippen MR) is 112 cm³/mol. The van der Waals surface area contributed by atoms with Crippen LogP contribution >= 0.6 is 0 Å². The fourth-order valence-corrected chi connectivity index (χ4v) is 4.89. The summed E-state index contributed by atoms with van der Waals surface area (Å²) in [6.07, 6.45) is 1.45. The van der Waals surface area contributed by atoms with E-state index in [-0.39, 0.29) is 28.2 Å². The van der Waals surface area contributed by atoms with Crippen LogP contribution in [-0.2, 0) is 19.1 Å². The van der Waals surface area contributed by atoms with E-state index >= 15 is 0 Å². The standard InChI is InChI=1S/C17H39NO4SSi2/c1-16(2,3)24(8,9)18-14(12-13-23(7,20)21)15(19)22-25(10,11)17(4,5)6/h14,18H,12-13H2,1-11H3. The Balaban J connectivity index is 5.49. The van der Waals surface area contributed by atoms with Gasteiger partial charge in [-0.25, -0.2) is 8.42 Å². The Bertz CT molecular complexity index is 572. The Morgan fingerprint density at radius 1 is 1.00 bits per heavy atom. The second-order valence-electron chi connectivity index (χ2n) is 10.2. The van der Waals surface area contributed by atoms with E-state index in [0.29, 0.717) is 0 Å². The fraction of sp³-hybridized carbons (Fsp3) is 0.941. The molecule has 1 N–H and O–H groups in total. The summed E-state index contributed by atoms with van der Waals surface area (Å²) in [4.78, 5) is 16.4. The molecule has 0 heterocycles. The van der Waals surface area contributed by atoms with Gasteiger partial charge in [0.2, 0.25) is 0 Å². The summed E-state index contributed by atoms with van der Waals surface area (Å²) < 4.78 is 29.2. The van der Waals surface area contributed by atoms with Crippen molar-refractivity contribution in [3.05, 3.63) is 0 Å². The molecule has 1 atom stereocenters. The molecule has 0 aliphatic heterocycles. The highest BCUT2D eigenvalue weighted by Crippen LogP contribution is 2.37. The third-order valence-corrected chi connectivity index (χ3v) is 15.8. The van der Waals surface area contributed by atoms with Crippen LogP contribution in [0.1, 0.15) is 48.0 Å². The third-order valence-electron chi connectivity index (χ3n) is 5.63. The van der Waals surface area contributed by atoms with Crippen molar-refractivity contribution in [2.45, 2.75) is 90.3 Å². The lowest BCUT2D eigenvalue weighted by atomic mass is 10.2. The zero-order valence-electron chi connectivity index (χ0n) is 18.0. The van der Waals surface area contributed by atoms with E-state index in [1.807, 2.05) is 13.1 Å². The smallest absolute Gasteiger partial charge is 0.309 e. The first kappa shape index (κ1) is 24.8. The average molecular weight is 410 g/mol. The molecule has 0 amide bonds. The molecule has 25 heavy (non-hydrogen) atoms. The van der Waals surface area contributed by atoms with Gasteiger partial charge in [-0.05, 0) is 29.6 Å². The van der Waals surface area contributed by atoms with Gasteiger partial charge in [-0.1, -0.05) is 54.6 Å². The molecule has 0 aromatic rings. The Hall–Kier alpha value is -0.186. The van der Waals surface area contributed by atoms with Crippen molar-refractivity contribution in [1.29, 1.82) is 0 Å². The normalized spacial score (nSPS) is 15.8. The van der Waals surface area contributed by atoms with Gasteiger partial charge in [0, 0.05) is 6.26 Å². The van der Waals surface area contributed by atoms with Crippen LogP contribution in [-0.4, -0.2) is 49.0 Å². The molecule has 0 aliphatic carbocycles. The summed E-state index contributed by atoms with van der Waals surface area (Å²) in [5.74, 6) is -0.327. The molecule has 1 unspecified atom stereocenters. The topological polar surface area (TPSA) is 72.5 Å². The van der Waals surface area contributed by atoms with E-state index in [9.17, 15) is 13.2 Å². The summed E-state index contributed by atoms with van der Waals surface area (Å²) >= 11 is 0. The van der Waals surface area contributed by atoms with E-state index in [4.69, 9.17) is 4.43 Å². The van der Waals surface area contributed by atoms with Crippen molar-refractivity contribution < 1.29 is 17.6 Å². The predicted octanol–water partition coefficient (Wildman–Crippen LogP) is 3.93. The number of hydrogen-bond donors (Lipinski definition) is 1. The van der Waals surface area contributed by atoms with Gasteiger partial charge in [0.1, 0.15) is 18.1 Å². The first-order chi connectivity index (χ1) is 10.7. The van der Waals surface area contributed by atoms with Gasteiger partial charge < -0.3 is 9.41 Å². The highest BCUT2D eigenvalue weighted by molar-refractivity contribution is 7.90. The number of rotatable bonds is 7. The molecule has 0 aliphatic rings. The molecule has 150 valence electrons. The minimum Gasteiger partial charge on any atom is -0.518 e. The molecule has 0 bridgehead atoms. The molecule has 0 radical (unpaired) electrons. The van der Waals surface area contributed by atoms with Crippen molar-refractivity contribution >= 4 is 32.4 Å². The molecule has 5 nitrogen and oxygen atoms in total. The van der Waals surface area contributed by atoms with Crippen LogP contribution in [0.4, 0.5) is 0 Å². The molecule has 0 aromatic carbocycles. The lowest BCUT2D eigenvalue weighted by Crippen LogP contribution is -2.60. The lowest BCUT2D eigenvalue weighted by molar-refractivity contribution is -0.137. The van der Waals surface area contributed by atoms with Crippen molar-refractivity contribution in [2.75, 3.05) is 12.0 Å². The maximum atomic E-state index is 12.9. The van der Waals surface area contributed by atoms with Crippen LogP contribution in [0.2, 0.25) is 36.3 Å². The number of carbonyl (C=O) groups excluding carboxylic acids is 1. The highest BCUT2D eigenvalue weighted by atomic mass is 32.2. The minimum atomic E-state index is -3.14. The van der Waals surface area contributed by atoms with E-state index in [1.54, 1.807) is 0 Å². The van der Waals surface area contributed by atoms with Gasteiger partial charge in [-0.3, -0.25) is 4.79 Å². The number of hydrogen-bond acceptors (Lipinski definition) is 5. The van der Waals surface area contributed by atoms with Gasteiger partial charge in [0.05, 0.1) is 11.8 Å². The number of nitrogens with one attached hydrogen (secondary N) is 1. The molecule has 0 saturated carbocycles. The minimum absolute atomic E-state index is 0.0219. The largest absolute Gasteiger partial charge is 0.518 e. The van der Waals surface area contributed by atoms with Crippen LogP contribution in [0, 0.1) is 0 Å². The average Bonchev–Trinajstić information content (AvgIpc) is 2.29. The van der Waals surface area contributed by atoms with Crippen LogP contribution < -0.4 is 4.98 Å². The van der Waals surface area contributed by atoms with Crippen LogP contribution in [0.5, 0.6) is 0 Å². The highest BCUT2D eigenvalue weighted by Gasteiger charge is 2.44. The van der Waals surface area contributed by atoms with Crippen molar-refractivity contribution in [1.82, 2.24) is 4.98 Å². The van der Waals surface area contributed by atoms with Crippen LogP contribution in [0.25, 0.3) is 0 Å². The second-order valence-corrected chi connectivity index (χ2v) is 22.2. The van der Waals surface area contributed by atoms with Crippen molar-refractivity contribution in [2.24, 2.45) is 0 Å². The maximum absolute atomic E-state index is 12.9. The van der Waals surface area contributed by atoms with E-state index in [0.717, 1.165) is 0 Å². The molecular weight excluding hydrogens is 370 g/mol. The summed E-state index contributed by atoms with van der Waals surface area (Å²) in [6, 6.07) is -0.579. The Morgan fingerprint density at radius 2 is 1.44 bits per heavy atom. The molecule has 0 spiro atoms. The molecule has 8 heteroatoms. The zero-order chi connectivity index (χ0) is 20.5. The molecule has 0 fully saturated rings. The molecular formula is C17H39NO4SSi2. The molecule has 0 saturated heterocycles. The second kappa shape index (κ2) is 7.82. The summed E-state index contributed by atoms with van der Waals surface area (Å²) in [7, 11) is -7.37. The van der Waals surface area contributed by atoms with E-state index < -0.39 is 32.4 Å². The van der Waals surface area contributed by atoms with Crippen LogP contribution in [0.15, 0.2) is 0 Å². The first-order valence-electron chi connectivity index (χ1n) is 8.88. The Labute approximate surface area is 157 Å². The Kier molecular flexibility index (Phi) is 7.76. The SMILES string of the molecule is CC(C)(C)[Si](C)(C)NC(CCS(C)(=O)=O)C(=O)O[Si](C)(C)C(C)(C)C. The molecule has 0 rings (SSSR count). The van der Waals surface area contributed by atoms with E-state index in [1.165, 1.54) is 6.26 Å². The van der Waals surface area contributed by atoms with Gasteiger partial charge in [-0.2, -0.15) is 0 Å². The third kappa shape index (κ3) is 7.92. The lowest BCUT2D eigenvalue weighted by Gasteiger charge is -2.41. The van der Waals surface area contributed by atoms with Gasteiger partial charge in [0.15, 0.2) is 0 Å². The summed E-state index contributed by atoms with van der Waals surface area (Å²) in [5, 5.41) is -0.0470.